The molecule has 0 aliphatic rings. The van der Waals surface area contributed by atoms with Crippen LogP contribution in [0.2, 0.25) is 0 Å². The Labute approximate surface area is 132 Å². The van der Waals surface area contributed by atoms with Crippen molar-refractivity contribution in [2.45, 2.75) is 13.5 Å². The lowest BCUT2D eigenvalue weighted by Gasteiger charge is -2.10. The maximum Gasteiger partial charge on any atom is 0.412 e. The zero-order valence-corrected chi connectivity index (χ0v) is 12.8. The van der Waals surface area contributed by atoms with Gasteiger partial charge >= 0.3 is 6.09 Å². The van der Waals surface area contributed by atoms with Gasteiger partial charge in [0.05, 0.1) is 25.6 Å². The second-order valence-corrected chi connectivity index (χ2v) is 4.35. The first-order valence-electron chi connectivity index (χ1n) is 6.89. The van der Waals surface area contributed by atoms with Crippen LogP contribution in [0.1, 0.15) is 6.92 Å². The van der Waals surface area contributed by atoms with Crippen molar-refractivity contribution >= 4 is 23.5 Å². The van der Waals surface area contributed by atoms with Crippen LogP contribution in [0.5, 0.6) is 5.75 Å². The molecule has 9 nitrogen and oxygen atoms in total. The smallest absolute Gasteiger partial charge is 0.412 e. The molecule has 0 aliphatic carbocycles. The number of para-hydroxylation sites is 2. The number of benzene rings is 1. The number of hydrogen-bond acceptors (Lipinski definition) is 6. The van der Waals surface area contributed by atoms with Gasteiger partial charge in [0.2, 0.25) is 5.91 Å². The van der Waals surface area contributed by atoms with Crippen LogP contribution in [0, 0.1) is 0 Å². The highest BCUT2D eigenvalue weighted by atomic mass is 16.5. The molecule has 0 saturated carbocycles. The molecule has 0 fully saturated rings. The van der Waals surface area contributed by atoms with Crippen molar-refractivity contribution in [1.29, 1.82) is 0 Å². The van der Waals surface area contributed by atoms with Crippen molar-refractivity contribution < 1.29 is 19.1 Å². The quantitative estimate of drug-likeness (QED) is 0.835. The van der Waals surface area contributed by atoms with E-state index in [-0.39, 0.29) is 18.3 Å². The van der Waals surface area contributed by atoms with Crippen LogP contribution in [0.25, 0.3) is 0 Å². The Hall–Kier alpha value is -3.10. The van der Waals surface area contributed by atoms with Gasteiger partial charge in [-0.2, -0.15) is 9.90 Å². The molecule has 0 unspecified atom stereocenters. The summed E-state index contributed by atoms with van der Waals surface area (Å²) in [6, 6.07) is 7.12. The molecule has 0 radical (unpaired) electrons. The molecule has 0 spiro atoms. The number of rotatable bonds is 6. The molecule has 1 aromatic carbocycles. The highest BCUT2D eigenvalue weighted by Crippen LogP contribution is 2.23. The minimum Gasteiger partial charge on any atom is -0.492 e. The zero-order chi connectivity index (χ0) is 16.7. The van der Waals surface area contributed by atoms with Crippen molar-refractivity contribution in [1.82, 2.24) is 15.0 Å². The van der Waals surface area contributed by atoms with Gasteiger partial charge in [-0.1, -0.05) is 12.1 Å². The Morgan fingerprint density at radius 2 is 2.04 bits per heavy atom. The van der Waals surface area contributed by atoms with E-state index in [0.717, 1.165) is 4.80 Å². The van der Waals surface area contributed by atoms with E-state index in [1.807, 2.05) is 13.0 Å². The summed E-state index contributed by atoms with van der Waals surface area (Å²) in [5, 5.41) is 12.9. The molecule has 9 heteroatoms. The molecule has 0 saturated heterocycles. The van der Waals surface area contributed by atoms with Crippen LogP contribution in [-0.4, -0.2) is 40.7 Å². The van der Waals surface area contributed by atoms with E-state index in [1.165, 1.54) is 13.3 Å². The predicted octanol–water partition coefficient (Wildman–Crippen LogP) is 1.49. The summed E-state index contributed by atoms with van der Waals surface area (Å²) in [5.41, 5.74) is 0.569. The first-order valence-corrected chi connectivity index (χ1v) is 6.89. The monoisotopic (exact) mass is 319 g/mol. The SMILES string of the molecule is CCOc1ccccc1NC(=O)Cn1ncc(NC(=O)OC)n1. The summed E-state index contributed by atoms with van der Waals surface area (Å²) in [4.78, 5) is 24.3. The summed E-state index contributed by atoms with van der Waals surface area (Å²) >= 11 is 0. The molecular weight excluding hydrogens is 302 g/mol. The Morgan fingerprint density at radius 1 is 1.26 bits per heavy atom. The normalized spacial score (nSPS) is 10.0. The Balaban J connectivity index is 1.96. The number of ether oxygens (including phenoxy) is 2. The first kappa shape index (κ1) is 16.3. The standard InChI is InChI=1S/C14H17N5O4/c1-3-23-11-7-5-4-6-10(11)16-13(20)9-19-15-8-12(18-19)17-14(21)22-2/h4-8H,3,9H2,1-2H3,(H,16,20)(H,17,18,21). The molecule has 2 amide bonds. The maximum atomic E-state index is 12.0. The summed E-state index contributed by atoms with van der Waals surface area (Å²) in [6.45, 7) is 2.25. The largest absolute Gasteiger partial charge is 0.492 e. The minimum atomic E-state index is -0.660. The van der Waals surface area contributed by atoms with Gasteiger partial charge in [0.15, 0.2) is 5.82 Å². The van der Waals surface area contributed by atoms with Crippen LogP contribution < -0.4 is 15.4 Å². The van der Waals surface area contributed by atoms with Crippen LogP contribution >= 0.6 is 0 Å². The average Bonchev–Trinajstić information content (AvgIpc) is 2.96. The molecule has 1 aromatic heterocycles. The number of nitrogens with zero attached hydrogens (tertiary/aromatic N) is 3. The van der Waals surface area contributed by atoms with Crippen molar-refractivity contribution in [3.05, 3.63) is 30.5 Å². The fraction of sp³-hybridized carbons (Fsp3) is 0.286. The lowest BCUT2D eigenvalue weighted by molar-refractivity contribution is -0.117. The van der Waals surface area contributed by atoms with Crippen molar-refractivity contribution in [2.75, 3.05) is 24.4 Å². The molecule has 2 aromatic rings. The Kier molecular flexibility index (Phi) is 5.50. The number of carbonyl (C=O) groups is 2. The van der Waals surface area contributed by atoms with Gasteiger partial charge in [-0.3, -0.25) is 10.1 Å². The van der Waals surface area contributed by atoms with E-state index in [1.54, 1.807) is 18.2 Å². The topological polar surface area (TPSA) is 107 Å². The highest BCUT2D eigenvalue weighted by Gasteiger charge is 2.11. The molecule has 2 rings (SSSR count). The first-order chi connectivity index (χ1) is 11.1. The number of aromatic nitrogens is 3. The predicted molar refractivity (Wildman–Crippen MR) is 82.3 cm³/mol. The fourth-order valence-electron chi connectivity index (χ4n) is 1.76. The van der Waals surface area contributed by atoms with Crippen LogP contribution in [-0.2, 0) is 16.1 Å². The molecule has 0 aliphatic heterocycles. The molecular formula is C14H17N5O4. The molecule has 0 bridgehead atoms. The van der Waals surface area contributed by atoms with Gasteiger partial charge < -0.3 is 14.8 Å². The number of nitrogens with one attached hydrogen (secondary N) is 2. The fourth-order valence-corrected chi connectivity index (χ4v) is 1.76. The average molecular weight is 319 g/mol. The zero-order valence-electron chi connectivity index (χ0n) is 12.8. The van der Waals surface area contributed by atoms with E-state index < -0.39 is 6.09 Å². The second-order valence-electron chi connectivity index (χ2n) is 4.35. The van der Waals surface area contributed by atoms with Gasteiger partial charge in [0.1, 0.15) is 12.3 Å². The van der Waals surface area contributed by atoms with E-state index in [0.29, 0.717) is 18.0 Å². The van der Waals surface area contributed by atoms with Crippen molar-refractivity contribution in [3.8, 4) is 5.75 Å². The third kappa shape index (κ3) is 4.70. The maximum absolute atomic E-state index is 12.0. The third-order valence-corrected chi connectivity index (χ3v) is 2.70. The van der Waals surface area contributed by atoms with Crippen LogP contribution in [0.4, 0.5) is 16.3 Å². The summed E-state index contributed by atoms with van der Waals surface area (Å²) < 4.78 is 9.87. The summed E-state index contributed by atoms with van der Waals surface area (Å²) in [6.07, 6.45) is 0.658. The van der Waals surface area contributed by atoms with Crippen LogP contribution in [0.15, 0.2) is 30.5 Å². The lowest BCUT2D eigenvalue weighted by atomic mass is 10.3. The Morgan fingerprint density at radius 3 is 2.78 bits per heavy atom. The number of anilines is 2. The number of carbonyl (C=O) groups excluding carboxylic acids is 2. The van der Waals surface area contributed by atoms with Crippen LogP contribution in [0.3, 0.4) is 0 Å². The van der Waals surface area contributed by atoms with Gasteiger partial charge in [0.25, 0.3) is 0 Å². The number of amides is 2. The van der Waals surface area contributed by atoms with E-state index in [4.69, 9.17) is 4.74 Å². The van der Waals surface area contributed by atoms with Crippen molar-refractivity contribution in [3.63, 3.8) is 0 Å². The van der Waals surface area contributed by atoms with E-state index in [2.05, 4.69) is 25.6 Å². The summed E-state index contributed by atoms with van der Waals surface area (Å²) in [7, 11) is 1.24. The molecule has 0 atom stereocenters. The van der Waals surface area contributed by atoms with Gasteiger partial charge in [0, 0.05) is 0 Å². The van der Waals surface area contributed by atoms with Gasteiger partial charge in [-0.05, 0) is 19.1 Å². The number of hydrogen-bond donors (Lipinski definition) is 2. The van der Waals surface area contributed by atoms with Gasteiger partial charge in [-0.25, -0.2) is 4.79 Å². The molecule has 23 heavy (non-hydrogen) atoms. The highest BCUT2D eigenvalue weighted by molar-refractivity contribution is 5.92. The van der Waals surface area contributed by atoms with E-state index >= 15 is 0 Å². The van der Waals surface area contributed by atoms with E-state index in [9.17, 15) is 9.59 Å². The van der Waals surface area contributed by atoms with Crippen molar-refractivity contribution in [2.24, 2.45) is 0 Å². The third-order valence-electron chi connectivity index (χ3n) is 2.70. The van der Waals surface area contributed by atoms with Gasteiger partial charge in [-0.15, -0.1) is 5.10 Å². The summed E-state index contributed by atoms with van der Waals surface area (Å²) in [5.74, 6) is 0.460. The minimum absolute atomic E-state index is 0.108. The molecule has 2 N–H and O–H groups in total. The number of methoxy groups -OCH3 is 1. The second kappa shape index (κ2) is 7.78. The lowest BCUT2D eigenvalue weighted by Crippen LogP contribution is -2.21. The Bertz CT molecular complexity index is 685. The molecule has 122 valence electrons. The molecule has 1 heterocycles.